The van der Waals surface area contributed by atoms with Gasteiger partial charge in [-0.3, -0.25) is 9.69 Å². The molecule has 0 unspecified atom stereocenters. The maximum Gasteiger partial charge on any atom is 0.436 e. The highest BCUT2D eigenvalue weighted by atomic mass is 19.4. The minimum absolute atomic E-state index is 0.00804. The Bertz CT molecular complexity index is 603. The highest BCUT2D eigenvalue weighted by Gasteiger charge is 2.66. The summed E-state index contributed by atoms with van der Waals surface area (Å²) in [5, 5.41) is 1.87. The largest absolute Gasteiger partial charge is 0.463 e. The molecule has 0 saturated carbocycles. The van der Waals surface area contributed by atoms with Gasteiger partial charge in [-0.2, -0.15) is 13.2 Å². The molecule has 0 radical (unpaired) electrons. The summed E-state index contributed by atoms with van der Waals surface area (Å²) < 4.78 is 51.8. The molecule has 1 aliphatic rings. The van der Waals surface area contributed by atoms with Crippen molar-refractivity contribution < 1.29 is 32.2 Å². The minimum Gasteiger partial charge on any atom is -0.463 e. The van der Waals surface area contributed by atoms with E-state index in [1.807, 2.05) is 5.32 Å². The summed E-state index contributed by atoms with van der Waals surface area (Å²) in [6.45, 7) is 0.831. The first kappa shape index (κ1) is 19.2. The van der Waals surface area contributed by atoms with E-state index in [1.54, 1.807) is 6.07 Å². The molecule has 1 saturated heterocycles. The Morgan fingerprint density at radius 1 is 1.20 bits per heavy atom. The number of alkyl halides is 3. The van der Waals surface area contributed by atoms with Crippen LogP contribution in [0, 0.1) is 0 Å². The van der Waals surface area contributed by atoms with E-state index in [2.05, 4.69) is 4.74 Å². The number of carbonyl (C=O) groups is 2. The molecule has 1 aromatic carbocycles. The lowest BCUT2D eigenvalue weighted by Crippen LogP contribution is -2.75. The summed E-state index contributed by atoms with van der Waals surface area (Å²) >= 11 is 0. The first-order valence-corrected chi connectivity index (χ1v) is 7.77. The molecule has 1 aliphatic heterocycles. The number of nitrogens with zero attached hydrogens (tertiary/aromatic N) is 1. The summed E-state index contributed by atoms with van der Waals surface area (Å²) in [5.74, 6) is -2.58. The molecule has 0 bridgehead atoms. The van der Waals surface area contributed by atoms with E-state index in [0.29, 0.717) is 0 Å². The van der Waals surface area contributed by atoms with E-state index in [4.69, 9.17) is 4.74 Å². The number of rotatable bonds is 5. The van der Waals surface area contributed by atoms with Gasteiger partial charge in [0.25, 0.3) is 11.6 Å². The van der Waals surface area contributed by atoms with Crippen LogP contribution in [0.3, 0.4) is 0 Å². The molecular formula is C16H19F3N2O4. The standard InChI is InChI=1S/C16H19F3N2O4/c1-2-25-14(23)15(16(17,18)19,21-8-10-24-11-9-21)20-13(22)12-6-4-3-5-7-12/h3-7H,2,8-11H2,1H3,(H,20,22)/t15-/m1/s1. The Labute approximate surface area is 142 Å². The minimum atomic E-state index is -5.08. The van der Waals surface area contributed by atoms with Crippen molar-refractivity contribution in [1.29, 1.82) is 0 Å². The topological polar surface area (TPSA) is 67.9 Å². The number of benzene rings is 1. The van der Waals surface area contributed by atoms with Crippen LogP contribution in [0.25, 0.3) is 0 Å². The van der Waals surface area contributed by atoms with Crippen LogP contribution in [0.15, 0.2) is 30.3 Å². The number of hydrogen-bond donors (Lipinski definition) is 1. The molecule has 9 heteroatoms. The third-order valence-electron chi connectivity index (χ3n) is 3.80. The average Bonchev–Trinajstić information content (AvgIpc) is 2.60. The van der Waals surface area contributed by atoms with Crippen molar-refractivity contribution in [2.24, 2.45) is 0 Å². The molecule has 0 spiro atoms. The molecule has 2 rings (SSSR count). The number of nitrogens with one attached hydrogen (secondary N) is 1. The fourth-order valence-electron chi connectivity index (χ4n) is 2.59. The van der Waals surface area contributed by atoms with Crippen LogP contribution in [0.4, 0.5) is 13.2 Å². The van der Waals surface area contributed by atoms with Crippen molar-refractivity contribution in [3.05, 3.63) is 35.9 Å². The lowest BCUT2D eigenvalue weighted by atomic mass is 10.1. The Kier molecular flexibility index (Phi) is 6.02. The van der Waals surface area contributed by atoms with Gasteiger partial charge in [0.15, 0.2) is 0 Å². The van der Waals surface area contributed by atoms with E-state index in [9.17, 15) is 22.8 Å². The van der Waals surface area contributed by atoms with Crippen molar-refractivity contribution in [2.45, 2.75) is 18.8 Å². The second kappa shape index (κ2) is 7.83. The van der Waals surface area contributed by atoms with Gasteiger partial charge in [0, 0.05) is 18.7 Å². The molecule has 1 amide bonds. The van der Waals surface area contributed by atoms with E-state index in [1.165, 1.54) is 31.2 Å². The molecule has 0 aliphatic carbocycles. The summed E-state index contributed by atoms with van der Waals surface area (Å²) in [6, 6.07) is 7.38. The van der Waals surface area contributed by atoms with Gasteiger partial charge in [0.2, 0.25) is 0 Å². The van der Waals surface area contributed by atoms with Crippen molar-refractivity contribution >= 4 is 11.9 Å². The van der Waals surface area contributed by atoms with Crippen LogP contribution in [0.1, 0.15) is 17.3 Å². The Morgan fingerprint density at radius 3 is 2.32 bits per heavy atom. The van der Waals surface area contributed by atoms with Gasteiger partial charge >= 0.3 is 12.1 Å². The zero-order valence-electron chi connectivity index (χ0n) is 13.6. The maximum absolute atomic E-state index is 14.0. The normalized spacial score (nSPS) is 18.2. The number of amides is 1. The quantitative estimate of drug-likeness (QED) is 0.808. The van der Waals surface area contributed by atoms with Crippen molar-refractivity contribution in [2.75, 3.05) is 32.9 Å². The summed E-state index contributed by atoms with van der Waals surface area (Å²) in [5.41, 5.74) is -3.26. The number of carbonyl (C=O) groups excluding carboxylic acids is 2. The molecule has 1 heterocycles. The van der Waals surface area contributed by atoms with Gasteiger partial charge in [-0.05, 0) is 19.1 Å². The zero-order valence-corrected chi connectivity index (χ0v) is 13.6. The van der Waals surface area contributed by atoms with Gasteiger partial charge in [-0.25, -0.2) is 4.79 Å². The molecule has 1 fully saturated rings. The first-order valence-electron chi connectivity index (χ1n) is 7.77. The molecule has 0 aromatic heterocycles. The number of hydrogen-bond acceptors (Lipinski definition) is 5. The van der Waals surface area contributed by atoms with Crippen LogP contribution >= 0.6 is 0 Å². The van der Waals surface area contributed by atoms with Crippen LogP contribution in [0.5, 0.6) is 0 Å². The number of morpholine rings is 1. The van der Waals surface area contributed by atoms with Crippen LogP contribution < -0.4 is 5.32 Å². The molecule has 25 heavy (non-hydrogen) atoms. The van der Waals surface area contributed by atoms with Crippen molar-refractivity contribution in [1.82, 2.24) is 10.2 Å². The summed E-state index contributed by atoms with van der Waals surface area (Å²) in [6.07, 6.45) is -5.08. The summed E-state index contributed by atoms with van der Waals surface area (Å²) in [7, 11) is 0. The maximum atomic E-state index is 14.0. The van der Waals surface area contributed by atoms with E-state index < -0.39 is 23.7 Å². The molecule has 6 nitrogen and oxygen atoms in total. The lowest BCUT2D eigenvalue weighted by Gasteiger charge is -2.44. The van der Waals surface area contributed by atoms with Gasteiger partial charge < -0.3 is 14.8 Å². The van der Waals surface area contributed by atoms with E-state index in [-0.39, 0.29) is 38.5 Å². The molecule has 1 aromatic rings. The average molecular weight is 360 g/mol. The zero-order chi connectivity index (χ0) is 18.5. The second-order valence-electron chi connectivity index (χ2n) is 5.35. The highest BCUT2D eigenvalue weighted by Crippen LogP contribution is 2.35. The van der Waals surface area contributed by atoms with Crippen LogP contribution in [0.2, 0.25) is 0 Å². The first-order chi connectivity index (χ1) is 11.8. The predicted octanol–water partition coefficient (Wildman–Crippen LogP) is 1.57. The number of ether oxygens (including phenoxy) is 2. The summed E-state index contributed by atoms with van der Waals surface area (Å²) in [4.78, 5) is 25.6. The fraction of sp³-hybridized carbons (Fsp3) is 0.500. The molecule has 1 N–H and O–H groups in total. The number of esters is 1. The SMILES string of the molecule is CCOC(=O)[C@@](NC(=O)c1ccccc1)(N1CCOCC1)C(F)(F)F. The van der Waals surface area contributed by atoms with Gasteiger partial charge in [0.1, 0.15) is 0 Å². The van der Waals surface area contributed by atoms with Crippen molar-refractivity contribution in [3.8, 4) is 0 Å². The van der Waals surface area contributed by atoms with Gasteiger partial charge in [-0.1, -0.05) is 18.2 Å². The Morgan fingerprint density at radius 2 is 1.80 bits per heavy atom. The highest BCUT2D eigenvalue weighted by molar-refractivity contribution is 5.98. The van der Waals surface area contributed by atoms with Crippen LogP contribution in [-0.2, 0) is 14.3 Å². The second-order valence-corrected chi connectivity index (χ2v) is 5.35. The number of halogens is 3. The molecule has 138 valence electrons. The Balaban J connectivity index is 2.44. The van der Waals surface area contributed by atoms with Crippen LogP contribution in [-0.4, -0.2) is 61.5 Å². The Hall–Kier alpha value is -2.13. The molecule has 1 atom stereocenters. The van der Waals surface area contributed by atoms with Gasteiger partial charge in [0.05, 0.1) is 19.8 Å². The van der Waals surface area contributed by atoms with E-state index in [0.717, 1.165) is 4.90 Å². The fourth-order valence-corrected chi connectivity index (χ4v) is 2.59. The van der Waals surface area contributed by atoms with Crippen molar-refractivity contribution in [3.63, 3.8) is 0 Å². The third-order valence-corrected chi connectivity index (χ3v) is 3.80. The lowest BCUT2D eigenvalue weighted by molar-refractivity contribution is -0.253. The smallest absolute Gasteiger partial charge is 0.436 e. The molecular weight excluding hydrogens is 341 g/mol. The monoisotopic (exact) mass is 360 g/mol. The third kappa shape index (κ3) is 3.93. The predicted molar refractivity (Wildman–Crippen MR) is 81.7 cm³/mol. The van der Waals surface area contributed by atoms with E-state index >= 15 is 0 Å². The van der Waals surface area contributed by atoms with Gasteiger partial charge in [-0.15, -0.1) is 0 Å².